The molecule has 106 valence electrons. The van der Waals surface area contributed by atoms with Crippen LogP contribution < -0.4 is 5.32 Å². The summed E-state index contributed by atoms with van der Waals surface area (Å²) >= 11 is 0. The molecule has 0 radical (unpaired) electrons. The van der Waals surface area contributed by atoms with E-state index >= 15 is 0 Å². The first-order chi connectivity index (χ1) is 10.4. The minimum Gasteiger partial charge on any atom is -0.440 e. The Morgan fingerprint density at radius 2 is 1.52 bits per heavy atom. The van der Waals surface area contributed by atoms with Crippen molar-refractivity contribution in [1.29, 1.82) is 0 Å². The number of benzene rings is 2. The number of likely N-dealkylation sites (N-methyl/N-ethyl adjacent to an activating group) is 1. The monoisotopic (exact) mass is 278 g/mol. The van der Waals surface area contributed by atoms with Crippen molar-refractivity contribution in [2.24, 2.45) is 0 Å². The molecule has 0 spiro atoms. The lowest BCUT2D eigenvalue weighted by Gasteiger charge is -2.00. The predicted octanol–water partition coefficient (Wildman–Crippen LogP) is 3.77. The lowest BCUT2D eigenvalue weighted by molar-refractivity contribution is 0.501. The van der Waals surface area contributed by atoms with Crippen LogP contribution in [0.3, 0.4) is 0 Å². The fourth-order valence-electron chi connectivity index (χ4n) is 2.28. The van der Waals surface area contributed by atoms with E-state index in [1.165, 1.54) is 0 Å². The van der Waals surface area contributed by atoms with Crippen molar-refractivity contribution in [2.45, 2.75) is 6.42 Å². The second-order valence-electron chi connectivity index (χ2n) is 4.87. The van der Waals surface area contributed by atoms with Crippen LogP contribution in [0.25, 0.3) is 22.6 Å². The molecule has 2 aromatic carbocycles. The molecule has 0 bridgehead atoms. The molecule has 21 heavy (non-hydrogen) atoms. The second-order valence-corrected chi connectivity index (χ2v) is 4.87. The van der Waals surface area contributed by atoms with Gasteiger partial charge in [-0.25, -0.2) is 4.98 Å². The molecule has 0 unspecified atom stereocenters. The van der Waals surface area contributed by atoms with Crippen LogP contribution >= 0.6 is 0 Å². The summed E-state index contributed by atoms with van der Waals surface area (Å²) in [6.45, 7) is 0.850. The summed E-state index contributed by atoms with van der Waals surface area (Å²) in [6, 6.07) is 20.3. The van der Waals surface area contributed by atoms with E-state index in [4.69, 9.17) is 4.42 Å². The zero-order valence-electron chi connectivity index (χ0n) is 12.0. The Morgan fingerprint density at radius 3 is 2.14 bits per heavy atom. The van der Waals surface area contributed by atoms with E-state index < -0.39 is 0 Å². The summed E-state index contributed by atoms with van der Waals surface area (Å²) < 4.78 is 6.01. The highest BCUT2D eigenvalue weighted by atomic mass is 16.4. The van der Waals surface area contributed by atoms with E-state index in [1.54, 1.807) is 0 Å². The van der Waals surface area contributed by atoms with Crippen molar-refractivity contribution in [3.8, 4) is 22.6 Å². The number of aromatic nitrogens is 1. The van der Waals surface area contributed by atoms with Gasteiger partial charge in [0.2, 0.25) is 0 Å². The summed E-state index contributed by atoms with van der Waals surface area (Å²) in [4.78, 5) is 4.69. The molecule has 0 aliphatic carbocycles. The Hall–Kier alpha value is -2.39. The molecule has 3 heteroatoms. The Kier molecular flexibility index (Phi) is 4.12. The molecular formula is C18H18N2O. The van der Waals surface area contributed by atoms with Gasteiger partial charge >= 0.3 is 0 Å². The Balaban J connectivity index is 2.06. The van der Waals surface area contributed by atoms with Gasteiger partial charge in [0.1, 0.15) is 5.69 Å². The lowest BCUT2D eigenvalue weighted by atomic mass is 10.1. The molecule has 3 rings (SSSR count). The van der Waals surface area contributed by atoms with Gasteiger partial charge in [-0.05, 0) is 7.05 Å². The third-order valence-electron chi connectivity index (χ3n) is 3.34. The lowest BCUT2D eigenvalue weighted by Crippen LogP contribution is -2.10. The van der Waals surface area contributed by atoms with E-state index in [2.05, 4.69) is 34.6 Å². The summed E-state index contributed by atoms with van der Waals surface area (Å²) in [5.41, 5.74) is 3.04. The minimum absolute atomic E-state index is 0.766. The van der Waals surface area contributed by atoms with Crippen LogP contribution in [0, 0.1) is 0 Å². The Bertz CT molecular complexity index is 633. The number of oxazole rings is 1. The molecule has 1 heterocycles. The van der Waals surface area contributed by atoms with Crippen molar-refractivity contribution in [3.63, 3.8) is 0 Å². The number of rotatable bonds is 5. The van der Waals surface area contributed by atoms with Crippen LogP contribution in [0.15, 0.2) is 65.1 Å². The van der Waals surface area contributed by atoms with Crippen molar-refractivity contribution in [3.05, 3.63) is 66.6 Å². The Morgan fingerprint density at radius 1 is 0.905 bits per heavy atom. The average Bonchev–Trinajstić information content (AvgIpc) is 2.99. The fourth-order valence-corrected chi connectivity index (χ4v) is 2.28. The van der Waals surface area contributed by atoms with E-state index in [0.717, 1.165) is 41.4 Å². The standard InChI is InChI=1S/C18H18N2O/c1-19-13-12-16-20-17(14-8-4-2-5-9-14)18(21-16)15-10-6-3-7-11-15/h2-11,19H,12-13H2,1H3. The first-order valence-corrected chi connectivity index (χ1v) is 7.13. The molecule has 1 N–H and O–H groups in total. The van der Waals surface area contributed by atoms with Crippen LogP contribution in [-0.2, 0) is 6.42 Å². The maximum Gasteiger partial charge on any atom is 0.196 e. The van der Waals surface area contributed by atoms with Crippen molar-refractivity contribution in [2.75, 3.05) is 13.6 Å². The molecule has 0 atom stereocenters. The quantitative estimate of drug-likeness (QED) is 0.772. The van der Waals surface area contributed by atoms with Gasteiger partial charge in [-0.1, -0.05) is 60.7 Å². The number of nitrogens with one attached hydrogen (secondary N) is 1. The maximum atomic E-state index is 6.01. The van der Waals surface area contributed by atoms with Gasteiger partial charge in [0.15, 0.2) is 11.7 Å². The summed E-state index contributed by atoms with van der Waals surface area (Å²) in [5.74, 6) is 1.61. The number of nitrogens with zero attached hydrogens (tertiary/aromatic N) is 1. The normalized spacial score (nSPS) is 10.7. The molecule has 3 nitrogen and oxygen atoms in total. The largest absolute Gasteiger partial charge is 0.440 e. The molecule has 0 saturated heterocycles. The first-order valence-electron chi connectivity index (χ1n) is 7.13. The van der Waals surface area contributed by atoms with Gasteiger partial charge in [-0.15, -0.1) is 0 Å². The number of hydrogen-bond donors (Lipinski definition) is 1. The van der Waals surface area contributed by atoms with Gasteiger partial charge < -0.3 is 9.73 Å². The van der Waals surface area contributed by atoms with Crippen molar-refractivity contribution >= 4 is 0 Å². The smallest absolute Gasteiger partial charge is 0.196 e. The van der Waals surface area contributed by atoms with Crippen molar-refractivity contribution < 1.29 is 4.42 Å². The number of hydrogen-bond acceptors (Lipinski definition) is 3. The second kappa shape index (κ2) is 6.37. The maximum absolute atomic E-state index is 6.01. The highest BCUT2D eigenvalue weighted by Gasteiger charge is 2.16. The van der Waals surface area contributed by atoms with Crippen LogP contribution in [0.1, 0.15) is 5.89 Å². The molecular weight excluding hydrogens is 260 g/mol. The fraction of sp³-hybridized carbons (Fsp3) is 0.167. The van der Waals surface area contributed by atoms with Crippen molar-refractivity contribution in [1.82, 2.24) is 10.3 Å². The molecule has 0 amide bonds. The van der Waals surface area contributed by atoms with Crippen LogP contribution in [0.4, 0.5) is 0 Å². The van der Waals surface area contributed by atoms with Gasteiger partial charge in [-0.2, -0.15) is 0 Å². The van der Waals surface area contributed by atoms with Crippen LogP contribution in [-0.4, -0.2) is 18.6 Å². The molecule has 0 saturated carbocycles. The topological polar surface area (TPSA) is 38.1 Å². The van der Waals surface area contributed by atoms with Gasteiger partial charge in [0, 0.05) is 24.1 Å². The van der Waals surface area contributed by atoms with E-state index in [-0.39, 0.29) is 0 Å². The SMILES string of the molecule is CNCCc1nc(-c2ccccc2)c(-c2ccccc2)o1. The van der Waals surface area contributed by atoms with E-state index in [9.17, 15) is 0 Å². The molecule has 3 aromatic rings. The van der Waals surface area contributed by atoms with E-state index in [1.807, 2.05) is 43.4 Å². The molecule has 0 aliphatic heterocycles. The minimum atomic E-state index is 0.766. The predicted molar refractivity (Wildman–Crippen MR) is 85.0 cm³/mol. The van der Waals surface area contributed by atoms with E-state index in [0.29, 0.717) is 0 Å². The first kappa shape index (κ1) is 13.6. The highest BCUT2D eigenvalue weighted by molar-refractivity contribution is 5.76. The van der Waals surface area contributed by atoms with Gasteiger partial charge in [0.05, 0.1) is 0 Å². The third kappa shape index (κ3) is 3.03. The zero-order chi connectivity index (χ0) is 14.5. The van der Waals surface area contributed by atoms with Gasteiger partial charge in [0.25, 0.3) is 0 Å². The third-order valence-corrected chi connectivity index (χ3v) is 3.34. The summed E-state index contributed by atoms with van der Waals surface area (Å²) in [7, 11) is 1.93. The van der Waals surface area contributed by atoms with Gasteiger partial charge in [-0.3, -0.25) is 0 Å². The summed E-state index contributed by atoms with van der Waals surface area (Å²) in [5, 5.41) is 3.12. The van der Waals surface area contributed by atoms with Crippen LogP contribution in [0.5, 0.6) is 0 Å². The average molecular weight is 278 g/mol. The molecule has 0 aliphatic rings. The highest BCUT2D eigenvalue weighted by Crippen LogP contribution is 2.32. The zero-order valence-corrected chi connectivity index (χ0v) is 12.0. The Labute approximate surface area is 124 Å². The molecule has 0 fully saturated rings. The molecule has 1 aromatic heterocycles. The van der Waals surface area contributed by atoms with Crippen LogP contribution in [0.2, 0.25) is 0 Å². The summed E-state index contributed by atoms with van der Waals surface area (Å²) in [6.07, 6.45) is 0.781.